The maximum Gasteiger partial charge on any atom is 0.150 e. The number of nitrogens with zero attached hydrogens (tertiary/aromatic N) is 2. The van der Waals surface area contributed by atoms with Gasteiger partial charge in [0.25, 0.3) is 0 Å². The lowest BCUT2D eigenvalue weighted by Gasteiger charge is -2.65. The SMILES string of the molecule is CCC12CN3CC(C)(CN(C1)C3c1ccc(OC(C)C)cc1)C2=O. The summed E-state index contributed by atoms with van der Waals surface area (Å²) in [6, 6.07) is 8.52. The minimum absolute atomic E-state index is 0.150. The molecule has 0 saturated carbocycles. The molecule has 0 aromatic heterocycles. The molecule has 4 saturated heterocycles. The van der Waals surface area contributed by atoms with Crippen molar-refractivity contribution in [3.63, 3.8) is 0 Å². The summed E-state index contributed by atoms with van der Waals surface area (Å²) in [5.74, 6) is 1.43. The second-order valence-corrected chi connectivity index (χ2v) is 8.44. The lowest BCUT2D eigenvalue weighted by molar-refractivity contribution is -0.200. The zero-order valence-corrected chi connectivity index (χ0v) is 15.2. The Balaban J connectivity index is 1.62. The number of ketones is 1. The number of benzene rings is 1. The summed E-state index contributed by atoms with van der Waals surface area (Å²) >= 11 is 0. The highest BCUT2D eigenvalue weighted by atomic mass is 16.5. The predicted molar refractivity (Wildman–Crippen MR) is 93.9 cm³/mol. The van der Waals surface area contributed by atoms with Gasteiger partial charge in [-0.2, -0.15) is 0 Å². The van der Waals surface area contributed by atoms with Crippen molar-refractivity contribution >= 4 is 5.78 Å². The van der Waals surface area contributed by atoms with Crippen LogP contribution in [0, 0.1) is 10.8 Å². The molecule has 4 bridgehead atoms. The van der Waals surface area contributed by atoms with E-state index in [1.54, 1.807) is 0 Å². The Morgan fingerprint density at radius 3 is 2.21 bits per heavy atom. The van der Waals surface area contributed by atoms with E-state index < -0.39 is 0 Å². The van der Waals surface area contributed by atoms with E-state index in [-0.39, 0.29) is 16.9 Å². The van der Waals surface area contributed by atoms with Crippen molar-refractivity contribution in [1.29, 1.82) is 0 Å². The summed E-state index contributed by atoms with van der Waals surface area (Å²) in [6.07, 6.45) is 1.45. The molecule has 0 spiro atoms. The van der Waals surface area contributed by atoms with Gasteiger partial charge in [0.15, 0.2) is 0 Å². The highest BCUT2D eigenvalue weighted by molar-refractivity contribution is 5.93. The molecule has 4 fully saturated rings. The van der Waals surface area contributed by atoms with E-state index in [2.05, 4.69) is 47.9 Å². The predicted octanol–water partition coefficient (Wildman–Crippen LogP) is 3.09. The highest BCUT2D eigenvalue weighted by Gasteiger charge is 2.63. The second-order valence-electron chi connectivity index (χ2n) is 8.44. The van der Waals surface area contributed by atoms with Gasteiger partial charge in [0.2, 0.25) is 0 Å². The van der Waals surface area contributed by atoms with Crippen LogP contribution in [0.25, 0.3) is 0 Å². The fourth-order valence-corrected chi connectivity index (χ4v) is 5.19. The highest BCUT2D eigenvalue weighted by Crippen LogP contribution is 2.53. The van der Waals surface area contributed by atoms with Crippen molar-refractivity contribution in [2.45, 2.75) is 46.4 Å². The van der Waals surface area contributed by atoms with Crippen LogP contribution in [0.15, 0.2) is 24.3 Å². The molecule has 5 rings (SSSR count). The molecular weight excluding hydrogens is 300 g/mol. The topological polar surface area (TPSA) is 32.8 Å². The monoisotopic (exact) mass is 328 g/mol. The molecule has 1 aromatic rings. The molecule has 4 aliphatic rings. The first-order valence-corrected chi connectivity index (χ1v) is 9.16. The lowest BCUT2D eigenvalue weighted by Crippen LogP contribution is -2.75. The number of rotatable bonds is 4. The number of Topliss-reactive ketones (excluding diaryl/α,β-unsaturated/α-hetero) is 1. The Kier molecular flexibility index (Phi) is 3.56. The van der Waals surface area contributed by atoms with Gasteiger partial charge in [0.1, 0.15) is 11.5 Å². The van der Waals surface area contributed by atoms with Gasteiger partial charge in [0, 0.05) is 26.2 Å². The molecule has 2 unspecified atom stereocenters. The Hall–Kier alpha value is -1.39. The molecule has 130 valence electrons. The molecule has 0 aliphatic carbocycles. The van der Waals surface area contributed by atoms with E-state index >= 15 is 0 Å². The Morgan fingerprint density at radius 2 is 1.71 bits per heavy atom. The lowest BCUT2D eigenvalue weighted by atomic mass is 9.60. The van der Waals surface area contributed by atoms with Gasteiger partial charge >= 0.3 is 0 Å². The maximum absolute atomic E-state index is 13.0. The third-order valence-electron chi connectivity index (χ3n) is 6.06. The first-order valence-electron chi connectivity index (χ1n) is 9.16. The van der Waals surface area contributed by atoms with Gasteiger partial charge < -0.3 is 4.74 Å². The molecule has 0 amide bonds. The molecule has 2 atom stereocenters. The van der Waals surface area contributed by atoms with Crippen LogP contribution >= 0.6 is 0 Å². The summed E-state index contributed by atoms with van der Waals surface area (Å²) in [5.41, 5.74) is 0.971. The van der Waals surface area contributed by atoms with E-state index in [9.17, 15) is 4.79 Å². The zero-order valence-electron chi connectivity index (χ0n) is 15.2. The number of ether oxygens (including phenoxy) is 1. The van der Waals surface area contributed by atoms with Gasteiger partial charge in [-0.25, -0.2) is 0 Å². The largest absolute Gasteiger partial charge is 0.491 e. The molecule has 4 heterocycles. The number of piperidine rings is 2. The summed E-state index contributed by atoms with van der Waals surface area (Å²) in [7, 11) is 0. The van der Waals surface area contributed by atoms with Crippen LogP contribution in [-0.2, 0) is 4.79 Å². The molecule has 24 heavy (non-hydrogen) atoms. The van der Waals surface area contributed by atoms with Crippen LogP contribution in [0.5, 0.6) is 5.75 Å². The van der Waals surface area contributed by atoms with E-state index in [4.69, 9.17) is 4.74 Å². The van der Waals surface area contributed by atoms with E-state index in [0.717, 1.165) is 38.3 Å². The van der Waals surface area contributed by atoms with Crippen molar-refractivity contribution < 1.29 is 9.53 Å². The van der Waals surface area contributed by atoms with Gasteiger partial charge in [-0.1, -0.05) is 26.0 Å². The molecule has 0 radical (unpaired) electrons. The number of hydrogen-bond donors (Lipinski definition) is 0. The molecule has 4 heteroatoms. The van der Waals surface area contributed by atoms with Gasteiger partial charge in [-0.15, -0.1) is 0 Å². The fraction of sp³-hybridized carbons (Fsp3) is 0.650. The van der Waals surface area contributed by atoms with E-state index in [1.165, 1.54) is 5.56 Å². The van der Waals surface area contributed by atoms with Crippen LogP contribution in [0.4, 0.5) is 0 Å². The van der Waals surface area contributed by atoms with Crippen LogP contribution in [0.3, 0.4) is 0 Å². The molecule has 0 N–H and O–H groups in total. The Bertz CT molecular complexity index is 636. The first kappa shape index (κ1) is 16.1. The summed E-state index contributed by atoms with van der Waals surface area (Å²) in [5, 5.41) is 0. The summed E-state index contributed by atoms with van der Waals surface area (Å²) in [4.78, 5) is 18.0. The summed E-state index contributed by atoms with van der Waals surface area (Å²) in [6.45, 7) is 12.0. The summed E-state index contributed by atoms with van der Waals surface area (Å²) < 4.78 is 5.77. The van der Waals surface area contributed by atoms with Crippen molar-refractivity contribution in [3.8, 4) is 5.75 Å². The smallest absolute Gasteiger partial charge is 0.150 e. The maximum atomic E-state index is 13.0. The third-order valence-corrected chi connectivity index (χ3v) is 6.06. The molecule has 1 aromatic carbocycles. The average Bonchev–Trinajstić information content (AvgIpc) is 2.52. The second kappa shape index (κ2) is 5.30. The van der Waals surface area contributed by atoms with E-state index in [0.29, 0.717) is 11.9 Å². The molecule has 4 aliphatic heterocycles. The quantitative estimate of drug-likeness (QED) is 0.850. The fourth-order valence-electron chi connectivity index (χ4n) is 5.19. The number of carbonyl (C=O) groups is 1. The van der Waals surface area contributed by atoms with Crippen LogP contribution in [0.1, 0.15) is 45.8 Å². The number of hydrogen-bond acceptors (Lipinski definition) is 4. The molecule has 4 nitrogen and oxygen atoms in total. The minimum Gasteiger partial charge on any atom is -0.491 e. The van der Waals surface area contributed by atoms with Crippen LogP contribution in [-0.4, -0.2) is 47.9 Å². The Labute approximate surface area is 144 Å². The minimum atomic E-state index is -0.191. The normalized spacial score (nSPS) is 40.4. The molecular formula is C20H28N2O2. The van der Waals surface area contributed by atoms with Gasteiger partial charge in [-0.05, 0) is 38.0 Å². The average molecular weight is 328 g/mol. The zero-order chi connectivity index (χ0) is 17.1. The van der Waals surface area contributed by atoms with Crippen LogP contribution < -0.4 is 4.74 Å². The van der Waals surface area contributed by atoms with Crippen molar-refractivity contribution in [2.75, 3.05) is 26.2 Å². The van der Waals surface area contributed by atoms with Crippen molar-refractivity contribution in [2.24, 2.45) is 10.8 Å². The first-order chi connectivity index (χ1) is 11.4. The van der Waals surface area contributed by atoms with Gasteiger partial charge in [0.05, 0.1) is 23.1 Å². The van der Waals surface area contributed by atoms with Crippen molar-refractivity contribution in [1.82, 2.24) is 9.80 Å². The standard InChI is InChI=1S/C20H28N2O2/c1-5-20-12-21-10-19(4,18(20)23)11-22(13-20)17(21)15-6-8-16(9-7-15)24-14(2)3/h6-9,14,17H,5,10-13H2,1-4H3. The Morgan fingerprint density at radius 1 is 1.12 bits per heavy atom. The number of carbonyl (C=O) groups excluding carboxylic acids is 1. The van der Waals surface area contributed by atoms with Crippen molar-refractivity contribution in [3.05, 3.63) is 29.8 Å². The third kappa shape index (κ3) is 2.23. The van der Waals surface area contributed by atoms with Gasteiger partial charge in [-0.3, -0.25) is 14.6 Å². The van der Waals surface area contributed by atoms with Crippen LogP contribution in [0.2, 0.25) is 0 Å². The van der Waals surface area contributed by atoms with E-state index in [1.807, 2.05) is 13.8 Å².